The summed E-state index contributed by atoms with van der Waals surface area (Å²) in [7, 11) is 1.70. The molecule has 1 aromatic carbocycles. The number of methoxy groups -OCH3 is 1. The Morgan fingerprint density at radius 2 is 1.81 bits per heavy atom. The van der Waals surface area contributed by atoms with Crippen molar-refractivity contribution in [2.75, 3.05) is 7.11 Å². The number of hydrogen-bond donors (Lipinski definition) is 1. The van der Waals surface area contributed by atoms with E-state index in [0.717, 1.165) is 49.3 Å². The first-order valence-electron chi connectivity index (χ1n) is 12.6. The fraction of sp³-hybridized carbons (Fsp3) is 0.704. The molecule has 0 radical (unpaired) electrons. The molecule has 5 nitrogen and oxygen atoms in total. The largest absolute Gasteiger partial charge is 0.497 e. The maximum atomic E-state index is 10.7. The van der Waals surface area contributed by atoms with Crippen LogP contribution in [0.5, 0.6) is 5.75 Å². The van der Waals surface area contributed by atoms with E-state index in [2.05, 4.69) is 35.9 Å². The minimum atomic E-state index is -0.0882. The summed E-state index contributed by atoms with van der Waals surface area (Å²) in [6.07, 6.45) is 9.45. The molecule has 4 aliphatic carbocycles. The van der Waals surface area contributed by atoms with Crippen LogP contribution in [0.3, 0.4) is 0 Å². The quantitative estimate of drug-likeness (QED) is 0.762. The first kappa shape index (κ1) is 20.7. The summed E-state index contributed by atoms with van der Waals surface area (Å²) in [5.41, 5.74) is 4.32. The van der Waals surface area contributed by atoms with Crippen molar-refractivity contribution in [3.05, 3.63) is 41.2 Å². The minimum absolute atomic E-state index is 0.0882. The molecule has 0 bridgehead atoms. The molecule has 7 atom stereocenters. The van der Waals surface area contributed by atoms with E-state index in [1.165, 1.54) is 49.1 Å². The summed E-state index contributed by atoms with van der Waals surface area (Å²) < 4.78 is 7.44. The second-order valence-electron chi connectivity index (χ2n) is 11.7. The van der Waals surface area contributed by atoms with Gasteiger partial charge in [0.15, 0.2) is 0 Å². The van der Waals surface area contributed by atoms with Crippen LogP contribution >= 0.6 is 0 Å². The summed E-state index contributed by atoms with van der Waals surface area (Å²) in [4.78, 5) is 0. The van der Waals surface area contributed by atoms with Crippen LogP contribution < -0.4 is 4.74 Å². The van der Waals surface area contributed by atoms with Gasteiger partial charge in [-0.3, -0.25) is 0 Å². The Hall–Kier alpha value is -1.88. The van der Waals surface area contributed by atoms with E-state index < -0.39 is 0 Å². The molecule has 32 heavy (non-hydrogen) atoms. The predicted octanol–water partition coefficient (Wildman–Crippen LogP) is 4.65. The van der Waals surface area contributed by atoms with Crippen LogP contribution in [0.1, 0.15) is 69.3 Å². The number of rotatable bonds is 3. The Labute approximate surface area is 191 Å². The van der Waals surface area contributed by atoms with Crippen LogP contribution in [-0.4, -0.2) is 33.3 Å². The zero-order valence-corrected chi connectivity index (χ0v) is 19.8. The number of aliphatic hydroxyl groups is 1. The Balaban J connectivity index is 1.26. The van der Waals surface area contributed by atoms with Crippen LogP contribution in [0.15, 0.2) is 24.3 Å². The van der Waals surface area contributed by atoms with Crippen molar-refractivity contribution in [1.82, 2.24) is 15.0 Å². The third-order valence-corrected chi connectivity index (χ3v) is 10.4. The van der Waals surface area contributed by atoms with E-state index in [1.54, 1.807) is 7.11 Å². The number of benzene rings is 1. The van der Waals surface area contributed by atoms with Gasteiger partial charge in [0.1, 0.15) is 5.75 Å². The van der Waals surface area contributed by atoms with Gasteiger partial charge in [0.05, 0.1) is 31.1 Å². The number of ether oxygens (including phenoxy) is 1. The summed E-state index contributed by atoms with van der Waals surface area (Å²) in [5, 5.41) is 20.0. The van der Waals surface area contributed by atoms with E-state index in [9.17, 15) is 5.11 Å². The van der Waals surface area contributed by atoms with Gasteiger partial charge in [-0.15, -0.1) is 5.10 Å². The molecule has 6 unspecified atom stereocenters. The number of aromatic nitrogens is 3. The first-order chi connectivity index (χ1) is 15.4. The molecule has 0 amide bonds. The second kappa shape index (κ2) is 7.31. The van der Waals surface area contributed by atoms with Crippen LogP contribution in [0.2, 0.25) is 0 Å². The normalized spacial score (nSPS) is 40.2. The summed E-state index contributed by atoms with van der Waals surface area (Å²) in [6, 6.07) is 8.29. The molecule has 5 heteroatoms. The number of fused-ring (bicyclic) bond motifs is 6. The van der Waals surface area contributed by atoms with E-state index in [-0.39, 0.29) is 11.5 Å². The molecule has 6 rings (SSSR count). The molecule has 0 spiro atoms. The fourth-order valence-electron chi connectivity index (χ4n) is 8.47. The summed E-state index contributed by atoms with van der Waals surface area (Å²) in [5.74, 6) is 3.87. The van der Waals surface area contributed by atoms with Gasteiger partial charge >= 0.3 is 0 Å². The third kappa shape index (κ3) is 2.92. The second-order valence-corrected chi connectivity index (χ2v) is 11.7. The lowest BCUT2D eigenvalue weighted by atomic mass is 9.45. The van der Waals surface area contributed by atoms with Gasteiger partial charge in [-0.1, -0.05) is 31.2 Å². The molecule has 1 aromatic heterocycles. The molecular formula is C27H37N3O2. The van der Waals surface area contributed by atoms with E-state index >= 15 is 0 Å². The van der Waals surface area contributed by atoms with Gasteiger partial charge in [-0.25, -0.2) is 4.68 Å². The van der Waals surface area contributed by atoms with Crippen molar-refractivity contribution in [2.45, 2.75) is 77.9 Å². The molecule has 2 aromatic rings. The number of nitrogens with zero attached hydrogens (tertiary/aromatic N) is 3. The average Bonchev–Trinajstić information content (AvgIpc) is 3.32. The molecule has 3 saturated carbocycles. The van der Waals surface area contributed by atoms with Gasteiger partial charge in [-0.05, 0) is 104 Å². The van der Waals surface area contributed by atoms with Crippen molar-refractivity contribution in [3.63, 3.8) is 0 Å². The monoisotopic (exact) mass is 435 g/mol. The molecule has 1 N–H and O–H groups in total. The lowest BCUT2D eigenvalue weighted by Gasteiger charge is -2.59. The number of aliphatic hydroxyl groups excluding tert-OH is 1. The summed E-state index contributed by atoms with van der Waals surface area (Å²) in [6.45, 7) is 5.72. The van der Waals surface area contributed by atoms with Crippen LogP contribution in [0.25, 0.3) is 0 Å². The highest BCUT2D eigenvalue weighted by Crippen LogP contribution is 2.65. The van der Waals surface area contributed by atoms with Gasteiger partial charge in [-0.2, -0.15) is 0 Å². The van der Waals surface area contributed by atoms with Crippen molar-refractivity contribution >= 4 is 0 Å². The Kier molecular flexibility index (Phi) is 4.73. The molecule has 3 fully saturated rings. The highest BCUT2D eigenvalue weighted by atomic mass is 16.5. The van der Waals surface area contributed by atoms with Crippen LogP contribution in [0.4, 0.5) is 0 Å². The lowest BCUT2D eigenvalue weighted by molar-refractivity contribution is -0.111. The zero-order valence-electron chi connectivity index (χ0n) is 19.8. The van der Waals surface area contributed by atoms with Crippen LogP contribution in [0, 0.1) is 34.5 Å². The molecule has 0 saturated heterocycles. The molecular weight excluding hydrogens is 398 g/mol. The average molecular weight is 436 g/mol. The maximum Gasteiger partial charge on any atom is 0.118 e. The smallest absolute Gasteiger partial charge is 0.118 e. The van der Waals surface area contributed by atoms with E-state index in [0.29, 0.717) is 11.3 Å². The van der Waals surface area contributed by atoms with Gasteiger partial charge < -0.3 is 9.84 Å². The number of hydrogen-bond acceptors (Lipinski definition) is 4. The highest BCUT2D eigenvalue weighted by molar-refractivity contribution is 5.28. The Bertz CT molecular complexity index is 1000. The lowest BCUT2D eigenvalue weighted by Crippen LogP contribution is -2.54. The van der Waals surface area contributed by atoms with Gasteiger partial charge in [0.25, 0.3) is 0 Å². The molecule has 0 aliphatic heterocycles. The zero-order chi connectivity index (χ0) is 22.1. The standard InChI is InChI=1S/C27H37N3O2/c1-26-13-12-22-20(21(26)10-11-25(26)31)9-6-18-14-24-23(15-27(18,22)2)28-29-30(24)16-17-4-7-19(32-3)8-5-17/h4-5,7-8,18,20-22,25,31H,6,9-16H2,1-3H3/t18?,20?,21?,22?,25-,26?,27?/m0/s1. The molecule has 1 heterocycles. The van der Waals surface area contributed by atoms with Crippen molar-refractivity contribution < 1.29 is 9.84 Å². The van der Waals surface area contributed by atoms with Crippen molar-refractivity contribution in [1.29, 1.82) is 0 Å². The topological polar surface area (TPSA) is 60.2 Å². The van der Waals surface area contributed by atoms with E-state index in [4.69, 9.17) is 9.84 Å². The van der Waals surface area contributed by atoms with Crippen LogP contribution in [-0.2, 0) is 19.4 Å². The maximum absolute atomic E-state index is 10.7. The van der Waals surface area contributed by atoms with Gasteiger partial charge in [0, 0.05) is 0 Å². The van der Waals surface area contributed by atoms with Crippen molar-refractivity contribution in [2.24, 2.45) is 34.5 Å². The molecule has 172 valence electrons. The summed E-state index contributed by atoms with van der Waals surface area (Å²) >= 11 is 0. The molecule has 4 aliphatic rings. The highest BCUT2D eigenvalue weighted by Gasteiger charge is 2.60. The minimum Gasteiger partial charge on any atom is -0.497 e. The Morgan fingerprint density at radius 1 is 1.03 bits per heavy atom. The third-order valence-electron chi connectivity index (χ3n) is 10.4. The van der Waals surface area contributed by atoms with Gasteiger partial charge in [0.2, 0.25) is 0 Å². The predicted molar refractivity (Wildman–Crippen MR) is 123 cm³/mol. The SMILES string of the molecule is COc1ccc(Cn2nnc3c2CC2CCC4C(CCC5(C)C4CC[C@@H]5O)C2(C)C3)cc1. The first-order valence-corrected chi connectivity index (χ1v) is 12.6. The fourth-order valence-corrected chi connectivity index (χ4v) is 8.47. The van der Waals surface area contributed by atoms with E-state index in [1.807, 2.05) is 12.1 Å². The van der Waals surface area contributed by atoms with Crippen molar-refractivity contribution in [3.8, 4) is 5.75 Å². The Morgan fingerprint density at radius 3 is 2.59 bits per heavy atom.